The minimum atomic E-state index is -1.58. The molecule has 0 aliphatic carbocycles. The number of hydrogen-bond donors (Lipinski definition) is 4. The molecule has 0 amide bonds. The highest BCUT2D eigenvalue weighted by Gasteiger charge is 2.26. The minimum Gasteiger partial charge on any atom is -0.480 e. The summed E-state index contributed by atoms with van der Waals surface area (Å²) < 4.78 is 5.67. The number of ether oxygens (including phenoxy) is 1. The predicted molar refractivity (Wildman–Crippen MR) is 92.9 cm³/mol. The standard InChI is InChI=1S/C16H11BrN2O6/c1-2-5-25-9-4-3-7(6-8(9)17)10-11(15(21)22)13(18)19-14(20)12(10)16(23)24/h1,3-4,6H,5H2,(H,21,22)(H,23,24)(H3,18,19,20). The van der Waals surface area contributed by atoms with Crippen molar-refractivity contribution in [2.24, 2.45) is 0 Å². The molecule has 9 heteroatoms. The largest absolute Gasteiger partial charge is 0.480 e. The number of terminal acetylenes is 1. The Morgan fingerprint density at radius 2 is 1.92 bits per heavy atom. The van der Waals surface area contributed by atoms with Crippen LogP contribution in [-0.2, 0) is 0 Å². The van der Waals surface area contributed by atoms with Crippen LogP contribution in [0.3, 0.4) is 0 Å². The number of nitrogens with two attached hydrogens (primary N) is 1. The zero-order valence-electron chi connectivity index (χ0n) is 12.5. The lowest BCUT2D eigenvalue weighted by Crippen LogP contribution is -2.24. The van der Waals surface area contributed by atoms with Crippen LogP contribution < -0.4 is 16.0 Å². The third kappa shape index (κ3) is 3.49. The van der Waals surface area contributed by atoms with E-state index in [9.17, 15) is 24.6 Å². The SMILES string of the molecule is C#CCOc1ccc(-c2c(C(=O)O)c(N)[nH]c(=O)c2C(=O)O)cc1Br. The van der Waals surface area contributed by atoms with Gasteiger partial charge in [-0.3, -0.25) is 4.79 Å². The predicted octanol–water partition coefficient (Wildman–Crippen LogP) is 1.79. The molecule has 0 saturated carbocycles. The van der Waals surface area contributed by atoms with E-state index in [1.807, 2.05) is 4.98 Å². The molecule has 0 atom stereocenters. The minimum absolute atomic E-state index is 0.0106. The van der Waals surface area contributed by atoms with E-state index >= 15 is 0 Å². The molecule has 128 valence electrons. The Hall–Kier alpha value is -3.25. The van der Waals surface area contributed by atoms with Crippen LogP contribution in [0.1, 0.15) is 20.7 Å². The maximum atomic E-state index is 12.0. The smallest absolute Gasteiger partial charge is 0.342 e. The zero-order chi connectivity index (χ0) is 18.7. The first kappa shape index (κ1) is 18.1. The number of carboxylic acid groups (broad SMARTS) is 2. The Balaban J connectivity index is 2.80. The molecule has 25 heavy (non-hydrogen) atoms. The summed E-state index contributed by atoms with van der Waals surface area (Å²) in [7, 11) is 0. The van der Waals surface area contributed by atoms with Gasteiger partial charge in [0.1, 0.15) is 29.3 Å². The Bertz CT molecular complexity index is 974. The second-order valence-corrected chi connectivity index (χ2v) is 5.60. The molecular formula is C16H11BrN2O6. The first-order valence-corrected chi connectivity index (χ1v) is 7.45. The number of nitrogen functional groups attached to an aromatic ring is 1. The molecule has 0 aliphatic heterocycles. The number of hydrogen-bond acceptors (Lipinski definition) is 5. The fraction of sp³-hybridized carbons (Fsp3) is 0.0625. The summed E-state index contributed by atoms with van der Waals surface area (Å²) in [6.07, 6.45) is 5.11. The van der Waals surface area contributed by atoms with Crippen LogP contribution >= 0.6 is 15.9 Å². The highest BCUT2D eigenvalue weighted by molar-refractivity contribution is 9.10. The van der Waals surface area contributed by atoms with Gasteiger partial charge in [0, 0.05) is 5.56 Å². The maximum Gasteiger partial charge on any atom is 0.342 e. The average molecular weight is 407 g/mol. The lowest BCUT2D eigenvalue weighted by Gasteiger charge is -2.13. The Morgan fingerprint density at radius 3 is 2.44 bits per heavy atom. The van der Waals surface area contributed by atoms with Gasteiger partial charge in [-0.25, -0.2) is 9.59 Å². The highest BCUT2D eigenvalue weighted by Crippen LogP contribution is 2.34. The first-order valence-electron chi connectivity index (χ1n) is 6.66. The number of rotatable bonds is 5. The number of aromatic carboxylic acids is 2. The Morgan fingerprint density at radius 1 is 1.28 bits per heavy atom. The number of H-pyrrole nitrogens is 1. The van der Waals surface area contributed by atoms with Crippen molar-refractivity contribution >= 4 is 33.7 Å². The van der Waals surface area contributed by atoms with E-state index < -0.39 is 34.4 Å². The molecule has 8 nitrogen and oxygen atoms in total. The van der Waals surface area contributed by atoms with Gasteiger partial charge >= 0.3 is 11.9 Å². The van der Waals surface area contributed by atoms with E-state index in [1.165, 1.54) is 18.2 Å². The van der Waals surface area contributed by atoms with Gasteiger partial charge in [-0.1, -0.05) is 12.0 Å². The van der Waals surface area contributed by atoms with Crippen LogP contribution in [0, 0.1) is 12.3 Å². The summed E-state index contributed by atoms with van der Waals surface area (Å²) >= 11 is 3.23. The molecular weight excluding hydrogens is 396 g/mol. The van der Waals surface area contributed by atoms with Gasteiger partial charge in [0.15, 0.2) is 0 Å². The molecule has 5 N–H and O–H groups in total. The molecule has 2 rings (SSSR count). The molecule has 0 radical (unpaired) electrons. The number of nitrogens with one attached hydrogen (secondary N) is 1. The summed E-state index contributed by atoms with van der Waals surface area (Å²) in [5.74, 6) is -0.840. The third-order valence-electron chi connectivity index (χ3n) is 3.20. The quantitative estimate of drug-likeness (QED) is 0.554. The summed E-state index contributed by atoms with van der Waals surface area (Å²) in [6.45, 7) is 0.0106. The van der Waals surface area contributed by atoms with Gasteiger partial charge in [-0.15, -0.1) is 6.42 Å². The molecule has 0 spiro atoms. The second-order valence-electron chi connectivity index (χ2n) is 4.74. The van der Waals surface area contributed by atoms with Crippen LogP contribution in [0.5, 0.6) is 5.75 Å². The molecule has 0 aliphatic rings. The van der Waals surface area contributed by atoms with Crippen molar-refractivity contribution in [3.8, 4) is 29.2 Å². The van der Waals surface area contributed by atoms with E-state index in [0.29, 0.717) is 10.2 Å². The number of benzene rings is 1. The first-order chi connectivity index (χ1) is 11.8. The lowest BCUT2D eigenvalue weighted by molar-refractivity contribution is 0.0695. The zero-order valence-corrected chi connectivity index (χ0v) is 14.1. The molecule has 0 saturated heterocycles. The van der Waals surface area contributed by atoms with Crippen LogP contribution in [-0.4, -0.2) is 33.7 Å². The molecule has 1 aromatic heterocycles. The number of anilines is 1. The topological polar surface area (TPSA) is 143 Å². The van der Waals surface area contributed by atoms with Crippen molar-refractivity contribution in [1.29, 1.82) is 0 Å². The van der Waals surface area contributed by atoms with Crippen molar-refractivity contribution < 1.29 is 24.5 Å². The average Bonchev–Trinajstić information content (AvgIpc) is 2.52. The summed E-state index contributed by atoms with van der Waals surface area (Å²) in [5, 5.41) is 18.7. The monoisotopic (exact) mass is 406 g/mol. The summed E-state index contributed by atoms with van der Waals surface area (Å²) in [5.41, 5.74) is 3.19. The van der Waals surface area contributed by atoms with Gasteiger partial charge in [0.05, 0.1) is 4.47 Å². The Labute approximate surface area is 149 Å². The molecule has 1 heterocycles. The molecule has 0 unspecified atom stereocenters. The summed E-state index contributed by atoms with van der Waals surface area (Å²) in [4.78, 5) is 37.0. The van der Waals surface area contributed by atoms with E-state index in [0.717, 1.165) is 0 Å². The number of aromatic nitrogens is 1. The van der Waals surface area contributed by atoms with Gasteiger partial charge < -0.3 is 25.7 Å². The number of pyridine rings is 1. The van der Waals surface area contributed by atoms with E-state index in [1.54, 1.807) is 0 Å². The fourth-order valence-corrected chi connectivity index (χ4v) is 2.72. The highest BCUT2D eigenvalue weighted by atomic mass is 79.9. The summed E-state index contributed by atoms with van der Waals surface area (Å²) in [6, 6.07) is 4.29. The van der Waals surface area contributed by atoms with E-state index in [2.05, 4.69) is 21.9 Å². The maximum absolute atomic E-state index is 12.0. The van der Waals surface area contributed by atoms with Crippen molar-refractivity contribution in [1.82, 2.24) is 4.98 Å². The number of aromatic amines is 1. The number of halogens is 1. The third-order valence-corrected chi connectivity index (χ3v) is 3.82. The van der Waals surface area contributed by atoms with Gasteiger partial charge in [0.2, 0.25) is 0 Å². The van der Waals surface area contributed by atoms with E-state index in [4.69, 9.17) is 16.9 Å². The van der Waals surface area contributed by atoms with Crippen molar-refractivity contribution in [3.05, 3.63) is 44.2 Å². The fourth-order valence-electron chi connectivity index (χ4n) is 2.23. The number of carbonyl (C=O) groups is 2. The molecule has 2 aromatic rings. The van der Waals surface area contributed by atoms with Gasteiger partial charge in [-0.05, 0) is 33.6 Å². The van der Waals surface area contributed by atoms with E-state index in [-0.39, 0.29) is 17.7 Å². The van der Waals surface area contributed by atoms with Crippen molar-refractivity contribution in [3.63, 3.8) is 0 Å². The van der Waals surface area contributed by atoms with Crippen LogP contribution in [0.4, 0.5) is 5.82 Å². The van der Waals surface area contributed by atoms with Crippen LogP contribution in [0.15, 0.2) is 27.5 Å². The Kier molecular flexibility index (Phi) is 5.14. The molecule has 0 bridgehead atoms. The second kappa shape index (κ2) is 7.11. The lowest BCUT2D eigenvalue weighted by atomic mass is 9.95. The molecule has 1 aromatic carbocycles. The van der Waals surface area contributed by atoms with Crippen molar-refractivity contribution in [2.45, 2.75) is 0 Å². The van der Waals surface area contributed by atoms with Crippen LogP contribution in [0.2, 0.25) is 0 Å². The van der Waals surface area contributed by atoms with Gasteiger partial charge in [0.25, 0.3) is 5.56 Å². The normalized spacial score (nSPS) is 10.1. The van der Waals surface area contributed by atoms with Gasteiger partial charge in [-0.2, -0.15) is 0 Å². The van der Waals surface area contributed by atoms with Crippen molar-refractivity contribution in [2.75, 3.05) is 12.3 Å². The van der Waals surface area contributed by atoms with Crippen LogP contribution in [0.25, 0.3) is 11.1 Å². The molecule has 0 fully saturated rings. The number of carboxylic acids is 2.